The zero-order valence-corrected chi connectivity index (χ0v) is 9.74. The summed E-state index contributed by atoms with van der Waals surface area (Å²) < 4.78 is 0. The van der Waals surface area contributed by atoms with Crippen molar-refractivity contribution in [3.05, 3.63) is 66.6 Å². The van der Waals surface area contributed by atoms with Crippen LogP contribution in [0.5, 0.6) is 0 Å². The third-order valence-corrected chi connectivity index (χ3v) is 2.84. The fraction of sp³-hybridized carbons (Fsp3) is 0.188. The molecule has 0 amide bonds. The van der Waals surface area contributed by atoms with Gasteiger partial charge in [-0.1, -0.05) is 61.9 Å². The Hall–Kier alpha value is -1.56. The van der Waals surface area contributed by atoms with Crippen molar-refractivity contribution in [3.63, 3.8) is 0 Å². The van der Waals surface area contributed by atoms with Gasteiger partial charge in [-0.15, -0.1) is 0 Å². The maximum absolute atomic E-state index is 4.10. The lowest BCUT2D eigenvalue weighted by Gasteiger charge is -2.11. The van der Waals surface area contributed by atoms with Crippen molar-refractivity contribution in [2.75, 3.05) is 0 Å². The van der Waals surface area contributed by atoms with E-state index in [1.165, 1.54) is 23.1 Å². The number of aryl methyl sites for hydroxylation is 1. The first-order valence-corrected chi connectivity index (χ1v) is 5.82. The number of hydrogen-bond donors (Lipinski definition) is 0. The molecule has 0 saturated heterocycles. The summed E-state index contributed by atoms with van der Waals surface area (Å²) in [5.41, 5.74) is 5.11. The molecule has 2 aromatic carbocycles. The van der Waals surface area contributed by atoms with E-state index in [1.54, 1.807) is 0 Å². The van der Waals surface area contributed by atoms with Crippen molar-refractivity contribution in [1.29, 1.82) is 0 Å². The van der Waals surface area contributed by atoms with Crippen molar-refractivity contribution >= 4 is 0 Å². The van der Waals surface area contributed by atoms with E-state index in [2.05, 4.69) is 56.3 Å². The highest BCUT2D eigenvalue weighted by Crippen LogP contribution is 2.27. The third-order valence-electron chi connectivity index (χ3n) is 2.84. The number of rotatable bonds is 3. The summed E-state index contributed by atoms with van der Waals surface area (Å²) in [6.45, 7) is 6.31. The summed E-state index contributed by atoms with van der Waals surface area (Å²) in [6, 6.07) is 16.9. The Morgan fingerprint density at radius 1 is 0.875 bits per heavy atom. The van der Waals surface area contributed by atoms with Crippen LogP contribution in [0.25, 0.3) is 11.1 Å². The minimum atomic E-state index is 1.10. The number of hydrogen-bond acceptors (Lipinski definition) is 0. The van der Waals surface area contributed by atoms with E-state index in [1.807, 2.05) is 6.07 Å². The Balaban J connectivity index is 2.51. The summed E-state index contributed by atoms with van der Waals surface area (Å²) in [5, 5.41) is 0. The van der Waals surface area contributed by atoms with E-state index in [9.17, 15) is 0 Å². The highest BCUT2D eigenvalue weighted by Gasteiger charge is 2.05. The molecule has 0 spiro atoms. The summed E-state index contributed by atoms with van der Waals surface area (Å²) in [5.74, 6) is 0. The van der Waals surface area contributed by atoms with Crippen molar-refractivity contribution < 1.29 is 0 Å². The van der Waals surface area contributed by atoms with E-state index in [4.69, 9.17) is 0 Å². The SMILES string of the molecule is [CH2]c1ccccc1-c1ccccc1CCC. The topological polar surface area (TPSA) is 0 Å². The van der Waals surface area contributed by atoms with Crippen LogP contribution in [0.15, 0.2) is 48.5 Å². The van der Waals surface area contributed by atoms with Gasteiger partial charge in [-0.05, 0) is 35.6 Å². The molecule has 2 rings (SSSR count). The van der Waals surface area contributed by atoms with E-state index in [-0.39, 0.29) is 0 Å². The summed E-state index contributed by atoms with van der Waals surface area (Å²) in [4.78, 5) is 0. The Labute approximate surface area is 97.9 Å². The molecule has 0 fully saturated rings. The molecule has 0 nitrogen and oxygen atoms in total. The molecule has 0 bridgehead atoms. The molecule has 2 aromatic rings. The lowest BCUT2D eigenvalue weighted by Crippen LogP contribution is -1.90. The van der Waals surface area contributed by atoms with Crippen LogP contribution in [-0.4, -0.2) is 0 Å². The van der Waals surface area contributed by atoms with Crippen LogP contribution in [0.3, 0.4) is 0 Å². The van der Waals surface area contributed by atoms with Gasteiger partial charge < -0.3 is 0 Å². The van der Waals surface area contributed by atoms with Crippen LogP contribution in [0.2, 0.25) is 0 Å². The molecule has 0 aliphatic rings. The minimum absolute atomic E-state index is 1.10. The summed E-state index contributed by atoms with van der Waals surface area (Å²) in [7, 11) is 0. The first-order valence-electron chi connectivity index (χ1n) is 5.82. The van der Waals surface area contributed by atoms with Gasteiger partial charge in [0.2, 0.25) is 0 Å². The maximum Gasteiger partial charge on any atom is -0.0149 e. The molecule has 81 valence electrons. The number of benzene rings is 2. The van der Waals surface area contributed by atoms with Crippen LogP contribution in [0.4, 0.5) is 0 Å². The summed E-state index contributed by atoms with van der Waals surface area (Å²) in [6.07, 6.45) is 2.31. The van der Waals surface area contributed by atoms with Crippen molar-refractivity contribution in [2.24, 2.45) is 0 Å². The van der Waals surface area contributed by atoms with E-state index < -0.39 is 0 Å². The van der Waals surface area contributed by atoms with E-state index in [0.29, 0.717) is 0 Å². The van der Waals surface area contributed by atoms with Gasteiger partial charge in [0, 0.05) is 0 Å². The second-order valence-corrected chi connectivity index (χ2v) is 4.06. The van der Waals surface area contributed by atoms with Gasteiger partial charge >= 0.3 is 0 Å². The zero-order valence-electron chi connectivity index (χ0n) is 9.74. The van der Waals surface area contributed by atoms with Gasteiger partial charge in [-0.2, -0.15) is 0 Å². The molecule has 0 aliphatic carbocycles. The third kappa shape index (κ3) is 2.16. The first kappa shape index (κ1) is 10.9. The molecule has 0 N–H and O–H groups in total. The standard InChI is InChI=1S/C16H17/c1-3-8-14-10-5-7-12-16(14)15-11-6-4-9-13(15)2/h4-7,9-12H,2-3,8H2,1H3. The molecule has 0 heterocycles. The Morgan fingerprint density at radius 3 is 2.19 bits per heavy atom. The summed E-state index contributed by atoms with van der Waals surface area (Å²) >= 11 is 0. The Morgan fingerprint density at radius 2 is 1.50 bits per heavy atom. The lowest BCUT2D eigenvalue weighted by molar-refractivity contribution is 0.923. The van der Waals surface area contributed by atoms with Crippen LogP contribution < -0.4 is 0 Å². The molecule has 0 aliphatic heterocycles. The van der Waals surface area contributed by atoms with E-state index in [0.717, 1.165) is 12.0 Å². The molecular formula is C16H17. The lowest BCUT2D eigenvalue weighted by atomic mass is 9.94. The van der Waals surface area contributed by atoms with Gasteiger partial charge in [0.1, 0.15) is 0 Å². The normalized spacial score (nSPS) is 10.4. The molecule has 0 heteroatoms. The molecule has 0 aromatic heterocycles. The molecule has 1 radical (unpaired) electrons. The predicted molar refractivity (Wildman–Crippen MR) is 70.3 cm³/mol. The van der Waals surface area contributed by atoms with Gasteiger partial charge in [0.25, 0.3) is 0 Å². The molecule has 0 saturated carbocycles. The van der Waals surface area contributed by atoms with Crippen molar-refractivity contribution in [3.8, 4) is 11.1 Å². The second kappa shape index (κ2) is 4.98. The zero-order chi connectivity index (χ0) is 11.4. The Kier molecular flexibility index (Phi) is 3.40. The largest absolute Gasteiger partial charge is 0.0651 e. The van der Waals surface area contributed by atoms with Crippen molar-refractivity contribution in [1.82, 2.24) is 0 Å². The Bertz CT molecular complexity index is 469. The van der Waals surface area contributed by atoms with Crippen molar-refractivity contribution in [2.45, 2.75) is 19.8 Å². The highest BCUT2D eigenvalue weighted by molar-refractivity contribution is 5.71. The van der Waals surface area contributed by atoms with Gasteiger partial charge in [-0.25, -0.2) is 0 Å². The van der Waals surface area contributed by atoms with Crippen LogP contribution >= 0.6 is 0 Å². The smallest absolute Gasteiger partial charge is 0.0149 e. The highest BCUT2D eigenvalue weighted by atomic mass is 14.1. The van der Waals surface area contributed by atoms with Crippen LogP contribution in [-0.2, 0) is 6.42 Å². The fourth-order valence-electron chi connectivity index (χ4n) is 2.05. The first-order chi connectivity index (χ1) is 7.83. The van der Waals surface area contributed by atoms with Gasteiger partial charge in [0.05, 0.1) is 0 Å². The molecular weight excluding hydrogens is 192 g/mol. The minimum Gasteiger partial charge on any atom is -0.0651 e. The van der Waals surface area contributed by atoms with Crippen LogP contribution in [0.1, 0.15) is 24.5 Å². The molecule has 0 unspecified atom stereocenters. The quantitative estimate of drug-likeness (QED) is 0.698. The molecule has 16 heavy (non-hydrogen) atoms. The fourth-order valence-corrected chi connectivity index (χ4v) is 2.05. The average molecular weight is 209 g/mol. The van der Waals surface area contributed by atoms with Gasteiger partial charge in [0.15, 0.2) is 0 Å². The van der Waals surface area contributed by atoms with Gasteiger partial charge in [-0.3, -0.25) is 0 Å². The van der Waals surface area contributed by atoms with E-state index >= 15 is 0 Å². The second-order valence-electron chi connectivity index (χ2n) is 4.06. The van der Waals surface area contributed by atoms with Crippen LogP contribution in [0, 0.1) is 6.92 Å². The predicted octanol–water partition coefficient (Wildman–Crippen LogP) is 4.49. The monoisotopic (exact) mass is 209 g/mol. The average Bonchev–Trinajstić information content (AvgIpc) is 2.31. The maximum atomic E-state index is 4.10. The molecule has 0 atom stereocenters.